The quantitative estimate of drug-likeness (QED) is 0.543. The first-order valence-corrected chi connectivity index (χ1v) is 14.2. The molecule has 6 aliphatic rings. The van der Waals surface area contributed by atoms with Crippen LogP contribution in [-0.2, 0) is 9.53 Å². The molecule has 192 valence electrons. The fourth-order valence-electron chi connectivity index (χ4n) is 11.9. The van der Waals surface area contributed by atoms with Crippen LogP contribution in [0, 0.1) is 44.8 Å². The van der Waals surface area contributed by atoms with Gasteiger partial charge in [-0.2, -0.15) is 0 Å². The molecule has 6 fully saturated rings. The van der Waals surface area contributed by atoms with E-state index in [1.807, 2.05) is 13.8 Å². The minimum atomic E-state index is -0.855. The van der Waals surface area contributed by atoms with Crippen LogP contribution >= 0.6 is 0 Å². The second-order valence-corrected chi connectivity index (χ2v) is 15.5. The van der Waals surface area contributed by atoms with Crippen LogP contribution < -0.4 is 0 Å². The van der Waals surface area contributed by atoms with E-state index in [-0.39, 0.29) is 34.4 Å². The molecule has 0 aromatic carbocycles. The number of ether oxygens (including phenoxy) is 1. The number of aliphatic hydroxyl groups is 2. The second-order valence-electron chi connectivity index (χ2n) is 15.5. The summed E-state index contributed by atoms with van der Waals surface area (Å²) in [4.78, 5) is 12.9. The molecule has 1 saturated heterocycles. The topological polar surface area (TPSA) is 66.8 Å². The zero-order chi connectivity index (χ0) is 24.7. The average molecular weight is 473 g/mol. The van der Waals surface area contributed by atoms with Gasteiger partial charge in [0.1, 0.15) is 5.78 Å². The largest absolute Gasteiger partial charge is 0.393 e. The molecule has 4 nitrogen and oxygen atoms in total. The van der Waals surface area contributed by atoms with Crippen LogP contribution in [0.2, 0.25) is 0 Å². The molecule has 0 bridgehead atoms. The Balaban J connectivity index is 1.35. The molecule has 0 amide bonds. The summed E-state index contributed by atoms with van der Waals surface area (Å²) in [6, 6.07) is 0. The number of rotatable bonds is 2. The molecule has 0 aromatic rings. The molecule has 2 spiro atoms. The first kappa shape index (κ1) is 23.9. The smallest absolute Gasteiger partial charge is 0.138 e. The maximum Gasteiger partial charge on any atom is 0.138 e. The highest BCUT2D eigenvalue weighted by molar-refractivity contribution is 5.86. The van der Waals surface area contributed by atoms with Gasteiger partial charge in [0.15, 0.2) is 0 Å². The van der Waals surface area contributed by atoms with Gasteiger partial charge < -0.3 is 14.9 Å². The summed E-state index contributed by atoms with van der Waals surface area (Å²) in [6.45, 7) is 15.4. The van der Waals surface area contributed by atoms with E-state index in [2.05, 4.69) is 34.6 Å². The lowest BCUT2D eigenvalue weighted by atomic mass is 9.41. The maximum atomic E-state index is 12.9. The molecule has 0 radical (unpaired) electrons. The van der Waals surface area contributed by atoms with Gasteiger partial charge in [0.25, 0.3) is 0 Å². The highest BCUT2D eigenvalue weighted by atomic mass is 16.5. The van der Waals surface area contributed by atoms with Gasteiger partial charge in [0, 0.05) is 17.8 Å². The van der Waals surface area contributed by atoms with Crippen LogP contribution in [0.4, 0.5) is 0 Å². The fourth-order valence-corrected chi connectivity index (χ4v) is 11.9. The number of fused-ring (bicyclic) bond motifs is 2. The summed E-state index contributed by atoms with van der Waals surface area (Å²) < 4.78 is 6.67. The van der Waals surface area contributed by atoms with Crippen molar-refractivity contribution in [3.05, 3.63) is 0 Å². The first-order chi connectivity index (χ1) is 15.6. The number of carbonyl (C=O) groups excluding carboxylic acids is 1. The van der Waals surface area contributed by atoms with Crippen LogP contribution in [-0.4, -0.2) is 39.4 Å². The number of Topliss-reactive ketones (excluding diaryl/α,β-unsaturated/α-hetero) is 1. The molecule has 5 saturated carbocycles. The number of hydrogen-bond donors (Lipinski definition) is 2. The summed E-state index contributed by atoms with van der Waals surface area (Å²) in [5.74, 6) is 1.76. The third-order valence-corrected chi connectivity index (χ3v) is 13.6. The molecule has 1 aliphatic heterocycles. The van der Waals surface area contributed by atoms with E-state index in [9.17, 15) is 15.0 Å². The van der Waals surface area contributed by atoms with Crippen molar-refractivity contribution in [2.24, 2.45) is 44.8 Å². The van der Waals surface area contributed by atoms with Crippen molar-refractivity contribution in [1.29, 1.82) is 0 Å². The molecule has 2 N–H and O–H groups in total. The molecule has 5 aliphatic carbocycles. The van der Waals surface area contributed by atoms with Crippen molar-refractivity contribution in [3.8, 4) is 0 Å². The van der Waals surface area contributed by atoms with Crippen LogP contribution in [0.5, 0.6) is 0 Å². The molecule has 0 aromatic heterocycles. The Labute approximate surface area is 206 Å². The Morgan fingerprint density at radius 1 is 0.882 bits per heavy atom. The Hall–Kier alpha value is -0.450. The zero-order valence-electron chi connectivity index (χ0n) is 22.7. The van der Waals surface area contributed by atoms with Gasteiger partial charge in [-0.05, 0) is 112 Å². The van der Waals surface area contributed by atoms with Gasteiger partial charge >= 0.3 is 0 Å². The summed E-state index contributed by atoms with van der Waals surface area (Å²) in [7, 11) is 0. The van der Waals surface area contributed by atoms with Crippen LogP contribution in [0.3, 0.4) is 0 Å². The second kappa shape index (κ2) is 6.51. The normalized spacial score (nSPS) is 58.0. The lowest BCUT2D eigenvalue weighted by Gasteiger charge is -2.63. The molecule has 1 heterocycles. The molecule has 4 heteroatoms. The van der Waals surface area contributed by atoms with Crippen LogP contribution in [0.15, 0.2) is 0 Å². The lowest BCUT2D eigenvalue weighted by molar-refractivity contribution is -0.192. The van der Waals surface area contributed by atoms with Gasteiger partial charge in [-0.1, -0.05) is 27.7 Å². The van der Waals surface area contributed by atoms with Gasteiger partial charge in [-0.3, -0.25) is 4.79 Å². The first-order valence-electron chi connectivity index (χ1n) is 14.2. The van der Waals surface area contributed by atoms with Crippen LogP contribution in [0.1, 0.15) is 113 Å². The van der Waals surface area contributed by atoms with Crippen molar-refractivity contribution in [3.63, 3.8) is 0 Å². The third-order valence-electron chi connectivity index (χ3n) is 13.6. The standard InChI is InChI=1S/C30H48O4/c1-24(2)19-8-9-20-27(6)16-18(31)23(28(7)12-11-22(34-28)25(3,4)33)26(27,5)14-15-30(20)17-29(19,30)13-10-21(24)32/h18-20,22-23,31,33H,8-17H2,1-7H3/t18-,19?,20?,22-,23?,26+,27-,28+,29+,30?/m0/s1. The average Bonchev–Trinajstić information content (AvgIpc) is 3.11. The summed E-state index contributed by atoms with van der Waals surface area (Å²) >= 11 is 0. The van der Waals surface area contributed by atoms with Crippen molar-refractivity contribution in [2.45, 2.75) is 136 Å². The highest BCUT2D eigenvalue weighted by Gasteiger charge is 2.83. The van der Waals surface area contributed by atoms with Gasteiger partial charge in [0.05, 0.1) is 23.4 Å². The van der Waals surface area contributed by atoms with Crippen molar-refractivity contribution in [2.75, 3.05) is 0 Å². The summed E-state index contributed by atoms with van der Waals surface area (Å²) in [6.07, 6.45) is 10.1. The van der Waals surface area contributed by atoms with Crippen molar-refractivity contribution in [1.82, 2.24) is 0 Å². The van der Waals surface area contributed by atoms with E-state index in [0.29, 0.717) is 28.4 Å². The Morgan fingerprint density at radius 3 is 2.18 bits per heavy atom. The van der Waals surface area contributed by atoms with Crippen molar-refractivity contribution >= 4 is 5.78 Å². The Kier molecular flexibility index (Phi) is 4.58. The summed E-state index contributed by atoms with van der Waals surface area (Å²) in [5, 5.41) is 22.4. The van der Waals surface area contributed by atoms with Gasteiger partial charge in [-0.15, -0.1) is 0 Å². The number of ketones is 1. The lowest BCUT2D eigenvalue weighted by Crippen LogP contribution is -2.59. The van der Waals surface area contributed by atoms with E-state index >= 15 is 0 Å². The number of carbonyl (C=O) groups is 1. The van der Waals surface area contributed by atoms with E-state index in [1.54, 1.807) is 0 Å². The van der Waals surface area contributed by atoms with E-state index in [0.717, 1.165) is 38.5 Å². The van der Waals surface area contributed by atoms with E-state index in [1.165, 1.54) is 25.7 Å². The molecular weight excluding hydrogens is 424 g/mol. The van der Waals surface area contributed by atoms with E-state index < -0.39 is 11.2 Å². The predicted molar refractivity (Wildman–Crippen MR) is 132 cm³/mol. The molecular formula is C30H48O4. The SMILES string of the molecule is CC1(C)C(=O)CC[C@]23CC24CC[C@]2(C)C([C@@]5(C)CC[C@@H](C(C)(C)O)O5)[C@@H](O)C[C@@]2(C)C4CCC13. The monoisotopic (exact) mass is 472 g/mol. The fraction of sp³-hybridized carbons (Fsp3) is 0.967. The minimum absolute atomic E-state index is 0.0300. The molecule has 4 unspecified atom stereocenters. The molecule has 10 atom stereocenters. The Bertz CT molecular complexity index is 919. The summed E-state index contributed by atoms with van der Waals surface area (Å²) in [5.41, 5.74) is -0.560. The van der Waals surface area contributed by atoms with E-state index in [4.69, 9.17) is 4.74 Å². The van der Waals surface area contributed by atoms with Crippen molar-refractivity contribution < 1.29 is 19.7 Å². The minimum Gasteiger partial charge on any atom is -0.393 e. The predicted octanol–water partition coefficient (Wildman–Crippen LogP) is 5.67. The van der Waals surface area contributed by atoms with Crippen LogP contribution in [0.25, 0.3) is 0 Å². The third kappa shape index (κ3) is 2.55. The Morgan fingerprint density at radius 2 is 1.53 bits per heavy atom. The molecule has 34 heavy (non-hydrogen) atoms. The number of hydrogen-bond acceptors (Lipinski definition) is 4. The van der Waals surface area contributed by atoms with Gasteiger partial charge in [-0.25, -0.2) is 0 Å². The maximum absolute atomic E-state index is 12.9. The molecule has 6 rings (SSSR count). The zero-order valence-corrected chi connectivity index (χ0v) is 22.7. The van der Waals surface area contributed by atoms with Gasteiger partial charge in [0.2, 0.25) is 0 Å². The number of aliphatic hydroxyl groups excluding tert-OH is 1. The highest BCUT2D eigenvalue weighted by Crippen LogP contribution is 2.89.